The van der Waals surface area contributed by atoms with Crippen LogP contribution in [0, 0.1) is 24.7 Å². The molecule has 0 saturated carbocycles. The van der Waals surface area contributed by atoms with Gasteiger partial charge in [0.2, 0.25) is 11.8 Å². The normalized spacial score (nSPS) is 15.6. The van der Waals surface area contributed by atoms with Crippen molar-refractivity contribution in [1.29, 1.82) is 10.8 Å². The van der Waals surface area contributed by atoms with E-state index in [4.69, 9.17) is 50.9 Å². The number of nitrogens with zero attached hydrogens (tertiary/aromatic N) is 4. The molecular formula is C32H34B2N8O10. The number of hydrogen-bond donors (Lipinski definition) is 7. The number of aromatic nitrogens is 4. The monoisotopic (exact) mass is 712 g/mol. The predicted octanol–water partition coefficient (Wildman–Crippen LogP) is 0.668. The molecule has 0 radical (unpaired) electrons. The van der Waals surface area contributed by atoms with Gasteiger partial charge < -0.3 is 50.1 Å². The molecule has 268 valence electrons. The minimum atomic E-state index is -1.22. The van der Waals surface area contributed by atoms with Crippen molar-refractivity contribution in [3.8, 4) is 23.3 Å². The van der Waals surface area contributed by atoms with E-state index in [1.54, 1.807) is 38.1 Å². The van der Waals surface area contributed by atoms with Gasteiger partial charge in [0, 0.05) is 0 Å². The smallest absolute Gasteiger partial charge is 0.481 e. The molecule has 0 bridgehead atoms. The van der Waals surface area contributed by atoms with E-state index in [9.17, 15) is 19.6 Å². The largest absolute Gasteiger partial charge is 0.492 e. The number of amidine groups is 2. The standard InChI is InChI=1S/C17H19BN4O5.C15H15BN4O5/c1-3-25-15(23)6-13-16-9(2)4-10(5-11(16)18(24)27-13)26-14-8-21-12(7-22-14)17(19)20;1-7-2-8(24-12-6-19-10(5-20-12)15(17)18)3-9-14(7)11(4-13(21)22)25-16(9)23/h4-5,7-8,13,24H,3,6H2,1-2H3,(H3,19,20);2-3,5-6,11,23H,4H2,1H3,(H3,17,18)(H,21,22). The maximum Gasteiger partial charge on any atom is 0.492 e. The zero-order valence-electron chi connectivity index (χ0n) is 28.2. The lowest BCUT2D eigenvalue weighted by atomic mass is 9.77. The Morgan fingerprint density at radius 3 is 1.58 bits per heavy atom. The number of nitrogens with one attached hydrogen (secondary N) is 2. The van der Waals surface area contributed by atoms with Gasteiger partial charge in [-0.1, -0.05) is 0 Å². The molecule has 18 nitrogen and oxygen atoms in total. The molecule has 52 heavy (non-hydrogen) atoms. The Morgan fingerprint density at radius 2 is 1.21 bits per heavy atom. The summed E-state index contributed by atoms with van der Waals surface area (Å²) in [6, 6.07) is 6.68. The number of ether oxygens (including phenoxy) is 3. The predicted molar refractivity (Wildman–Crippen MR) is 185 cm³/mol. The number of fused-ring (bicyclic) bond motifs is 2. The van der Waals surface area contributed by atoms with Crippen molar-refractivity contribution in [2.24, 2.45) is 11.5 Å². The summed E-state index contributed by atoms with van der Waals surface area (Å²) < 4.78 is 27.1. The molecule has 4 aromatic rings. The molecule has 2 aromatic carbocycles. The fourth-order valence-corrected chi connectivity index (χ4v) is 5.67. The molecule has 0 fully saturated rings. The summed E-state index contributed by atoms with van der Waals surface area (Å²) >= 11 is 0. The summed E-state index contributed by atoms with van der Waals surface area (Å²) in [5.41, 5.74) is 15.1. The van der Waals surface area contributed by atoms with E-state index in [0.29, 0.717) is 28.0 Å². The van der Waals surface area contributed by atoms with Gasteiger partial charge in [0.1, 0.15) is 34.6 Å². The van der Waals surface area contributed by atoms with E-state index in [0.717, 1.165) is 16.7 Å². The molecule has 0 amide bonds. The molecule has 2 aliphatic heterocycles. The van der Waals surface area contributed by atoms with E-state index >= 15 is 0 Å². The first-order valence-electron chi connectivity index (χ1n) is 15.8. The van der Waals surface area contributed by atoms with Gasteiger partial charge in [0.05, 0.1) is 56.4 Å². The van der Waals surface area contributed by atoms with Gasteiger partial charge in [0.15, 0.2) is 0 Å². The molecule has 2 atom stereocenters. The molecular weight excluding hydrogens is 678 g/mol. The van der Waals surface area contributed by atoms with E-state index in [1.807, 2.05) is 6.92 Å². The van der Waals surface area contributed by atoms with Crippen molar-refractivity contribution < 1.29 is 48.3 Å². The Kier molecular flexibility index (Phi) is 11.4. The molecule has 2 aromatic heterocycles. The van der Waals surface area contributed by atoms with Crippen LogP contribution >= 0.6 is 0 Å². The topological polar surface area (TPSA) is 292 Å². The minimum Gasteiger partial charge on any atom is -0.481 e. The second-order valence-corrected chi connectivity index (χ2v) is 11.6. The number of carboxylic acid groups (broad SMARTS) is 1. The van der Waals surface area contributed by atoms with Crippen molar-refractivity contribution in [3.05, 3.63) is 82.7 Å². The van der Waals surface area contributed by atoms with E-state index in [2.05, 4.69) is 19.9 Å². The number of nitrogens with two attached hydrogens (primary N) is 2. The second-order valence-electron chi connectivity index (χ2n) is 11.6. The summed E-state index contributed by atoms with van der Waals surface area (Å²) in [5.74, 6) is -0.521. The van der Waals surface area contributed by atoms with E-state index in [-0.39, 0.29) is 60.2 Å². The van der Waals surface area contributed by atoms with Crippen LogP contribution in [0.25, 0.3) is 0 Å². The number of esters is 1. The van der Waals surface area contributed by atoms with Crippen molar-refractivity contribution in [1.82, 2.24) is 19.9 Å². The van der Waals surface area contributed by atoms with Crippen LogP contribution in [0.15, 0.2) is 49.1 Å². The third-order valence-corrected chi connectivity index (χ3v) is 7.82. The lowest BCUT2D eigenvalue weighted by Crippen LogP contribution is -2.28. The highest BCUT2D eigenvalue weighted by molar-refractivity contribution is 6.62. The number of nitrogen functional groups attached to an aromatic ring is 2. The van der Waals surface area contributed by atoms with Gasteiger partial charge in [-0.3, -0.25) is 20.4 Å². The molecule has 0 spiro atoms. The molecule has 2 unspecified atom stereocenters. The number of carbonyl (C=O) groups excluding carboxylic acids is 1. The Hall–Kier alpha value is -5.95. The maximum atomic E-state index is 11.8. The molecule has 9 N–H and O–H groups in total. The van der Waals surface area contributed by atoms with Gasteiger partial charge in [-0.25, -0.2) is 19.9 Å². The van der Waals surface area contributed by atoms with Crippen molar-refractivity contribution in [3.63, 3.8) is 0 Å². The highest BCUT2D eigenvalue weighted by Crippen LogP contribution is 2.34. The van der Waals surface area contributed by atoms with Gasteiger partial charge >= 0.3 is 26.2 Å². The third-order valence-electron chi connectivity index (χ3n) is 7.82. The Morgan fingerprint density at radius 1 is 0.769 bits per heavy atom. The first kappa shape index (κ1) is 37.3. The number of aryl methyl sites for hydroxylation is 2. The summed E-state index contributed by atoms with van der Waals surface area (Å²) in [5, 5.41) is 43.8. The Balaban J connectivity index is 0.000000202. The number of hydrogen-bond acceptors (Lipinski definition) is 15. The molecule has 20 heteroatoms. The Bertz CT molecular complexity index is 2000. The van der Waals surface area contributed by atoms with Crippen LogP contribution in [-0.2, 0) is 23.6 Å². The van der Waals surface area contributed by atoms with Crippen LogP contribution in [0.3, 0.4) is 0 Å². The van der Waals surface area contributed by atoms with Crippen LogP contribution in [0.5, 0.6) is 23.3 Å². The quantitative estimate of drug-likeness (QED) is 0.0487. The third kappa shape index (κ3) is 8.67. The summed E-state index contributed by atoms with van der Waals surface area (Å²) in [6.45, 7) is 5.65. The molecule has 4 heterocycles. The number of aliphatic carboxylic acids is 1. The van der Waals surface area contributed by atoms with E-state index in [1.165, 1.54) is 24.8 Å². The molecule has 2 aliphatic rings. The number of carboxylic acids is 1. The van der Waals surface area contributed by atoms with E-state index < -0.39 is 32.4 Å². The lowest BCUT2D eigenvalue weighted by Gasteiger charge is -2.14. The highest BCUT2D eigenvalue weighted by atomic mass is 16.6. The first-order valence-corrected chi connectivity index (χ1v) is 15.8. The van der Waals surface area contributed by atoms with Crippen molar-refractivity contribution >= 4 is 48.8 Å². The zero-order chi connectivity index (χ0) is 37.7. The van der Waals surface area contributed by atoms with Gasteiger partial charge in [-0.2, -0.15) is 0 Å². The van der Waals surface area contributed by atoms with Gasteiger partial charge in [-0.15, -0.1) is 0 Å². The number of carbonyl (C=O) groups is 2. The zero-order valence-corrected chi connectivity index (χ0v) is 28.2. The first-order chi connectivity index (χ1) is 24.7. The van der Waals surface area contributed by atoms with Crippen LogP contribution in [-0.4, -0.2) is 79.5 Å². The fraction of sp³-hybridized carbons (Fsp3) is 0.250. The van der Waals surface area contributed by atoms with Gasteiger partial charge in [0.25, 0.3) is 0 Å². The van der Waals surface area contributed by atoms with Crippen LogP contribution in [0.2, 0.25) is 0 Å². The average Bonchev–Trinajstić information content (AvgIpc) is 3.56. The second kappa shape index (κ2) is 15.9. The SMILES string of the molecule is CCOC(=O)CC1OB(O)c2cc(Oc3cnc(C(=N)N)cn3)cc(C)c21.Cc1cc(Oc2cnc(C(=N)N)cn2)cc2c1C(CC(=O)O)OB2O. The van der Waals surface area contributed by atoms with Crippen molar-refractivity contribution in [2.45, 2.75) is 45.8 Å². The molecule has 0 saturated heterocycles. The van der Waals surface area contributed by atoms with Gasteiger partial charge in [-0.05, 0) is 78.2 Å². The molecule has 6 rings (SSSR count). The van der Waals surface area contributed by atoms with Crippen molar-refractivity contribution in [2.75, 3.05) is 6.61 Å². The summed E-state index contributed by atoms with van der Waals surface area (Å²) in [4.78, 5) is 38.7. The highest BCUT2D eigenvalue weighted by Gasteiger charge is 2.39. The van der Waals surface area contributed by atoms with Crippen LogP contribution < -0.4 is 31.9 Å². The number of rotatable bonds is 11. The lowest BCUT2D eigenvalue weighted by molar-refractivity contribution is -0.145. The average molecular weight is 712 g/mol. The number of benzene rings is 2. The Labute approximate surface area is 297 Å². The minimum absolute atomic E-state index is 0.0247. The maximum absolute atomic E-state index is 11.8. The summed E-state index contributed by atoms with van der Waals surface area (Å²) in [7, 11) is -2.37. The van der Waals surface area contributed by atoms with Crippen LogP contribution in [0.1, 0.15) is 65.6 Å². The summed E-state index contributed by atoms with van der Waals surface area (Å²) in [6.07, 6.45) is 3.86. The van der Waals surface area contributed by atoms with Crippen LogP contribution in [0.4, 0.5) is 0 Å². The fourth-order valence-electron chi connectivity index (χ4n) is 5.67. The molecule has 0 aliphatic carbocycles.